The van der Waals surface area contributed by atoms with Gasteiger partial charge in [0, 0.05) is 17.0 Å². The first-order chi connectivity index (χ1) is 7.83. The monoisotopic (exact) mass is 251 g/mol. The van der Waals surface area contributed by atoms with Gasteiger partial charge in [0.05, 0.1) is 0 Å². The van der Waals surface area contributed by atoms with E-state index in [1.54, 1.807) is 23.1 Å². The molecule has 0 saturated carbocycles. The molecule has 2 aromatic rings. The van der Waals surface area contributed by atoms with Gasteiger partial charge in [-0.1, -0.05) is 23.5 Å². The number of aromatic nitrogens is 2. The number of benzene rings is 1. The van der Waals surface area contributed by atoms with Crippen molar-refractivity contribution in [2.75, 3.05) is 13.3 Å². The van der Waals surface area contributed by atoms with Gasteiger partial charge in [-0.25, -0.2) is 0 Å². The van der Waals surface area contributed by atoms with Crippen LogP contribution in [0.1, 0.15) is 5.01 Å². The second-order valence-electron chi connectivity index (χ2n) is 3.26. The molecule has 0 unspecified atom stereocenters. The maximum Gasteiger partial charge on any atom is 0.147 e. The van der Waals surface area contributed by atoms with E-state index in [0.29, 0.717) is 0 Å². The van der Waals surface area contributed by atoms with E-state index in [9.17, 15) is 0 Å². The number of hydrogen-bond donors (Lipinski definition) is 1. The zero-order valence-electron chi connectivity index (χ0n) is 9.23. The van der Waals surface area contributed by atoms with Crippen LogP contribution in [-0.2, 0) is 6.54 Å². The summed E-state index contributed by atoms with van der Waals surface area (Å²) in [6, 6.07) is 8.41. The van der Waals surface area contributed by atoms with Crippen molar-refractivity contribution in [2.24, 2.45) is 0 Å². The number of nitrogens with zero attached hydrogens (tertiary/aromatic N) is 2. The Balaban J connectivity index is 2.21. The second-order valence-corrected chi connectivity index (χ2v) is 5.20. The lowest BCUT2D eigenvalue weighted by Gasteiger charge is -1.97. The van der Waals surface area contributed by atoms with Gasteiger partial charge in [0.25, 0.3) is 0 Å². The Morgan fingerprint density at radius 1 is 1.25 bits per heavy atom. The zero-order valence-corrected chi connectivity index (χ0v) is 10.9. The lowest BCUT2D eigenvalue weighted by atomic mass is 10.2. The first kappa shape index (κ1) is 11.6. The van der Waals surface area contributed by atoms with Crippen molar-refractivity contribution in [1.82, 2.24) is 15.5 Å². The summed E-state index contributed by atoms with van der Waals surface area (Å²) in [5, 5.41) is 13.4. The van der Waals surface area contributed by atoms with Crippen molar-refractivity contribution < 1.29 is 0 Å². The van der Waals surface area contributed by atoms with E-state index in [1.165, 1.54) is 4.90 Å². The van der Waals surface area contributed by atoms with Crippen LogP contribution in [0.2, 0.25) is 0 Å². The summed E-state index contributed by atoms with van der Waals surface area (Å²) in [5.41, 5.74) is 1.14. The maximum atomic E-state index is 4.18. The van der Waals surface area contributed by atoms with Crippen LogP contribution in [0.15, 0.2) is 29.2 Å². The Kier molecular flexibility index (Phi) is 3.93. The van der Waals surface area contributed by atoms with Crippen molar-refractivity contribution in [1.29, 1.82) is 0 Å². The second kappa shape index (κ2) is 5.43. The molecule has 1 heterocycles. The molecule has 2 rings (SSSR count). The molecule has 0 bridgehead atoms. The molecule has 0 aliphatic rings. The van der Waals surface area contributed by atoms with E-state index in [2.05, 4.69) is 46.0 Å². The highest BCUT2D eigenvalue weighted by Gasteiger charge is 2.05. The minimum Gasteiger partial charge on any atom is -0.313 e. The van der Waals surface area contributed by atoms with E-state index >= 15 is 0 Å². The summed E-state index contributed by atoms with van der Waals surface area (Å²) < 4.78 is 0. The molecule has 1 N–H and O–H groups in total. The minimum absolute atomic E-state index is 0.778. The Morgan fingerprint density at radius 3 is 2.62 bits per heavy atom. The first-order valence-corrected chi connectivity index (χ1v) is 6.99. The van der Waals surface area contributed by atoms with Gasteiger partial charge in [-0.3, -0.25) is 0 Å². The smallest absolute Gasteiger partial charge is 0.147 e. The summed E-state index contributed by atoms with van der Waals surface area (Å²) in [4.78, 5) is 1.27. The quantitative estimate of drug-likeness (QED) is 0.848. The van der Waals surface area contributed by atoms with Crippen LogP contribution in [0.25, 0.3) is 10.6 Å². The Bertz CT molecular complexity index is 451. The summed E-state index contributed by atoms with van der Waals surface area (Å²) in [6.07, 6.45) is 2.07. The summed E-state index contributed by atoms with van der Waals surface area (Å²) in [6.45, 7) is 0.778. The predicted octanol–water partition coefficient (Wildman–Crippen LogP) is 2.65. The topological polar surface area (TPSA) is 37.8 Å². The molecular formula is C11H13N3S2. The highest BCUT2D eigenvalue weighted by atomic mass is 32.2. The van der Waals surface area contributed by atoms with Crippen LogP contribution in [0.4, 0.5) is 0 Å². The fourth-order valence-corrected chi connectivity index (χ4v) is 2.59. The van der Waals surface area contributed by atoms with Gasteiger partial charge in [-0.2, -0.15) is 0 Å². The average Bonchev–Trinajstić information content (AvgIpc) is 2.78. The van der Waals surface area contributed by atoms with Crippen molar-refractivity contribution in [2.45, 2.75) is 11.4 Å². The van der Waals surface area contributed by atoms with E-state index < -0.39 is 0 Å². The SMILES string of the molecule is CNCc1nnc(-c2ccc(SC)cc2)s1. The van der Waals surface area contributed by atoms with E-state index in [-0.39, 0.29) is 0 Å². The number of thioether (sulfide) groups is 1. The molecule has 0 amide bonds. The third-order valence-electron chi connectivity index (χ3n) is 2.13. The normalized spacial score (nSPS) is 10.6. The van der Waals surface area contributed by atoms with E-state index in [0.717, 1.165) is 22.1 Å². The molecule has 84 valence electrons. The van der Waals surface area contributed by atoms with Gasteiger partial charge in [-0.15, -0.1) is 22.0 Å². The summed E-state index contributed by atoms with van der Waals surface area (Å²) >= 11 is 3.38. The van der Waals surface area contributed by atoms with Crippen molar-refractivity contribution in [3.8, 4) is 10.6 Å². The summed E-state index contributed by atoms with van der Waals surface area (Å²) in [5.74, 6) is 0. The van der Waals surface area contributed by atoms with E-state index in [4.69, 9.17) is 0 Å². The van der Waals surface area contributed by atoms with Crippen LogP contribution in [0.5, 0.6) is 0 Å². The molecule has 3 nitrogen and oxygen atoms in total. The Hall–Kier alpha value is -0.910. The molecule has 1 aromatic carbocycles. The van der Waals surface area contributed by atoms with Gasteiger partial charge in [0.1, 0.15) is 10.0 Å². The minimum atomic E-state index is 0.778. The third kappa shape index (κ3) is 2.61. The molecule has 0 radical (unpaired) electrons. The average molecular weight is 251 g/mol. The number of rotatable bonds is 4. The molecular weight excluding hydrogens is 238 g/mol. The molecule has 0 aliphatic carbocycles. The molecule has 0 atom stereocenters. The largest absolute Gasteiger partial charge is 0.313 e. The fourth-order valence-electron chi connectivity index (χ4n) is 1.33. The third-order valence-corrected chi connectivity index (χ3v) is 3.85. The fraction of sp³-hybridized carbons (Fsp3) is 0.273. The molecule has 0 fully saturated rings. The van der Waals surface area contributed by atoms with E-state index in [1.807, 2.05) is 7.05 Å². The number of hydrogen-bond acceptors (Lipinski definition) is 5. The van der Waals surface area contributed by atoms with Gasteiger partial charge < -0.3 is 5.32 Å². The van der Waals surface area contributed by atoms with Crippen molar-refractivity contribution in [3.05, 3.63) is 29.3 Å². The van der Waals surface area contributed by atoms with Gasteiger partial charge in [-0.05, 0) is 25.4 Å². The van der Waals surface area contributed by atoms with Crippen LogP contribution in [0.3, 0.4) is 0 Å². The van der Waals surface area contributed by atoms with Gasteiger partial charge >= 0.3 is 0 Å². The molecule has 0 saturated heterocycles. The highest BCUT2D eigenvalue weighted by molar-refractivity contribution is 7.98. The highest BCUT2D eigenvalue weighted by Crippen LogP contribution is 2.25. The van der Waals surface area contributed by atoms with Gasteiger partial charge in [0.15, 0.2) is 0 Å². The Labute approximate surface area is 103 Å². The standard InChI is InChI=1S/C11H13N3S2/c1-12-7-10-13-14-11(16-10)8-3-5-9(15-2)6-4-8/h3-6,12H,7H2,1-2H3. The van der Waals surface area contributed by atoms with Crippen LogP contribution >= 0.6 is 23.1 Å². The van der Waals surface area contributed by atoms with Crippen LogP contribution < -0.4 is 5.32 Å². The van der Waals surface area contributed by atoms with Crippen molar-refractivity contribution >= 4 is 23.1 Å². The molecule has 0 spiro atoms. The molecule has 5 heteroatoms. The van der Waals surface area contributed by atoms with Crippen LogP contribution in [0, 0.1) is 0 Å². The first-order valence-electron chi connectivity index (χ1n) is 4.95. The molecule has 1 aromatic heterocycles. The Morgan fingerprint density at radius 2 is 2.00 bits per heavy atom. The predicted molar refractivity (Wildman–Crippen MR) is 69.9 cm³/mol. The number of nitrogens with one attached hydrogen (secondary N) is 1. The lowest BCUT2D eigenvalue weighted by Crippen LogP contribution is -2.04. The zero-order chi connectivity index (χ0) is 11.4. The molecule has 16 heavy (non-hydrogen) atoms. The summed E-state index contributed by atoms with van der Waals surface area (Å²) in [7, 11) is 1.91. The lowest BCUT2D eigenvalue weighted by molar-refractivity contribution is 0.795. The molecule has 0 aliphatic heterocycles. The maximum absolute atomic E-state index is 4.18. The van der Waals surface area contributed by atoms with Crippen LogP contribution in [-0.4, -0.2) is 23.5 Å². The van der Waals surface area contributed by atoms with Crippen molar-refractivity contribution in [3.63, 3.8) is 0 Å². The van der Waals surface area contributed by atoms with Gasteiger partial charge in [0.2, 0.25) is 0 Å².